The van der Waals surface area contributed by atoms with Crippen molar-refractivity contribution in [3.63, 3.8) is 0 Å². The van der Waals surface area contributed by atoms with E-state index in [0.717, 1.165) is 24.7 Å². The third kappa shape index (κ3) is 3.72. The van der Waals surface area contributed by atoms with Gasteiger partial charge >= 0.3 is 0 Å². The van der Waals surface area contributed by atoms with E-state index in [4.69, 9.17) is 11.6 Å². The molecular weight excluding hydrogens is 364 g/mol. The summed E-state index contributed by atoms with van der Waals surface area (Å²) in [6, 6.07) is 15.0. The van der Waals surface area contributed by atoms with E-state index < -0.39 is 0 Å². The summed E-state index contributed by atoms with van der Waals surface area (Å²) in [5.41, 5.74) is 1.23. The number of aromatic amines is 1. The minimum atomic E-state index is -0.280. The minimum Gasteiger partial charge on any atom is -0.328 e. The number of carbonyl (C=O) groups is 1. The van der Waals surface area contributed by atoms with Gasteiger partial charge < -0.3 is 9.80 Å². The molecule has 7 heteroatoms. The van der Waals surface area contributed by atoms with Crippen molar-refractivity contribution in [1.29, 1.82) is 0 Å². The Kier molecular flexibility index (Phi) is 4.92. The number of fused-ring (bicyclic) bond motifs is 1. The van der Waals surface area contributed by atoms with E-state index >= 15 is 0 Å². The van der Waals surface area contributed by atoms with Crippen molar-refractivity contribution in [1.82, 2.24) is 15.1 Å². The van der Waals surface area contributed by atoms with E-state index in [1.807, 2.05) is 29.2 Å². The van der Waals surface area contributed by atoms with Gasteiger partial charge in [-0.3, -0.25) is 9.59 Å². The topological polar surface area (TPSA) is 70.5 Å². The number of halogens is 1. The number of nitrogens with zero attached hydrogens (tertiary/aromatic N) is 2. The lowest BCUT2D eigenvalue weighted by molar-refractivity contribution is -0.917. The Bertz CT molecular complexity index is 1040. The van der Waals surface area contributed by atoms with Crippen LogP contribution in [0.2, 0.25) is 5.02 Å². The lowest BCUT2D eigenvalue weighted by Gasteiger charge is -2.32. The average Bonchev–Trinajstić information content (AvgIpc) is 2.69. The summed E-state index contributed by atoms with van der Waals surface area (Å²) >= 11 is 6.06. The number of hydrogen-bond donors (Lipinski definition) is 2. The SMILES string of the molecule is O=C(c1n[nH]c(=O)c2ccccc12)N1CC[NH+](Cc2cccc(Cl)c2)CC1. The van der Waals surface area contributed by atoms with Gasteiger partial charge in [-0.25, -0.2) is 5.10 Å². The van der Waals surface area contributed by atoms with E-state index in [0.29, 0.717) is 29.6 Å². The summed E-state index contributed by atoms with van der Waals surface area (Å²) in [5, 5.41) is 8.30. The summed E-state index contributed by atoms with van der Waals surface area (Å²) in [7, 11) is 0. The zero-order valence-corrected chi connectivity index (χ0v) is 15.5. The highest BCUT2D eigenvalue weighted by Crippen LogP contribution is 2.14. The van der Waals surface area contributed by atoms with Gasteiger partial charge in [0.05, 0.1) is 31.6 Å². The average molecular weight is 384 g/mol. The first kappa shape index (κ1) is 17.7. The molecule has 1 aromatic heterocycles. The third-order valence-corrected chi connectivity index (χ3v) is 5.23. The molecule has 0 aliphatic carbocycles. The van der Waals surface area contributed by atoms with E-state index in [9.17, 15) is 9.59 Å². The summed E-state index contributed by atoms with van der Waals surface area (Å²) in [5.74, 6) is -0.135. The zero-order chi connectivity index (χ0) is 18.8. The van der Waals surface area contributed by atoms with Crippen molar-refractivity contribution in [2.24, 2.45) is 0 Å². The lowest BCUT2D eigenvalue weighted by atomic mass is 10.1. The molecular formula is C20H20ClN4O2+. The molecule has 2 N–H and O–H groups in total. The molecule has 6 nitrogen and oxygen atoms in total. The van der Waals surface area contributed by atoms with E-state index in [2.05, 4.69) is 16.3 Å². The largest absolute Gasteiger partial charge is 0.328 e. The Balaban J connectivity index is 1.46. The molecule has 0 atom stereocenters. The fourth-order valence-electron chi connectivity index (χ4n) is 3.57. The number of aromatic nitrogens is 2. The van der Waals surface area contributed by atoms with Gasteiger partial charge in [0.15, 0.2) is 5.69 Å². The molecule has 1 amide bonds. The predicted octanol–water partition coefficient (Wildman–Crippen LogP) is 1.12. The normalized spacial score (nSPS) is 15.2. The standard InChI is InChI=1S/C20H19ClN4O2/c21-15-5-3-4-14(12-15)13-24-8-10-25(11-9-24)20(27)18-16-6-1-2-7-17(16)19(26)23-22-18/h1-7,12H,8-11,13H2,(H,23,26)/p+1. The fraction of sp³-hybridized carbons (Fsp3) is 0.250. The molecule has 0 saturated carbocycles. The summed E-state index contributed by atoms with van der Waals surface area (Å²) < 4.78 is 0. The Morgan fingerprint density at radius 3 is 2.59 bits per heavy atom. The maximum Gasteiger partial charge on any atom is 0.275 e. The van der Waals surface area contributed by atoms with Gasteiger partial charge in [0.25, 0.3) is 11.5 Å². The van der Waals surface area contributed by atoms with Gasteiger partial charge in [-0.15, -0.1) is 0 Å². The van der Waals surface area contributed by atoms with Gasteiger partial charge in [-0.2, -0.15) is 5.10 Å². The Morgan fingerprint density at radius 2 is 1.85 bits per heavy atom. The maximum atomic E-state index is 12.9. The van der Waals surface area contributed by atoms with Crippen LogP contribution in [0.1, 0.15) is 16.1 Å². The smallest absolute Gasteiger partial charge is 0.275 e. The van der Waals surface area contributed by atoms with Crippen molar-refractivity contribution in [2.45, 2.75) is 6.54 Å². The van der Waals surface area contributed by atoms with Gasteiger partial charge in [0, 0.05) is 16.0 Å². The number of rotatable bonds is 3. The second-order valence-electron chi connectivity index (χ2n) is 6.80. The van der Waals surface area contributed by atoms with Crippen molar-refractivity contribution in [3.8, 4) is 0 Å². The molecule has 1 aliphatic heterocycles. The van der Waals surface area contributed by atoms with E-state index in [1.54, 1.807) is 18.2 Å². The van der Waals surface area contributed by atoms with Crippen LogP contribution in [0.3, 0.4) is 0 Å². The predicted molar refractivity (Wildman–Crippen MR) is 104 cm³/mol. The molecule has 0 spiro atoms. The van der Waals surface area contributed by atoms with E-state index in [1.165, 1.54) is 10.5 Å². The molecule has 2 heterocycles. The first-order valence-corrected chi connectivity index (χ1v) is 9.34. The molecule has 4 rings (SSSR count). The highest BCUT2D eigenvalue weighted by molar-refractivity contribution is 6.30. The van der Waals surface area contributed by atoms with Crippen LogP contribution >= 0.6 is 11.6 Å². The number of amides is 1. The molecule has 138 valence electrons. The second kappa shape index (κ2) is 7.50. The Labute approximate surface area is 161 Å². The number of H-pyrrole nitrogens is 1. The minimum absolute atomic E-state index is 0.135. The number of benzene rings is 2. The van der Waals surface area contributed by atoms with Gasteiger partial charge in [0.2, 0.25) is 0 Å². The fourth-order valence-corrected chi connectivity index (χ4v) is 3.78. The highest BCUT2D eigenvalue weighted by atomic mass is 35.5. The number of hydrogen-bond acceptors (Lipinski definition) is 3. The summed E-state index contributed by atoms with van der Waals surface area (Å²) in [4.78, 5) is 28.1. The van der Waals surface area contributed by atoms with Crippen LogP contribution in [0, 0.1) is 0 Å². The number of piperazine rings is 1. The highest BCUT2D eigenvalue weighted by Gasteiger charge is 2.27. The van der Waals surface area contributed by atoms with Gasteiger partial charge in [-0.05, 0) is 18.2 Å². The van der Waals surface area contributed by atoms with Crippen LogP contribution in [-0.4, -0.2) is 47.2 Å². The van der Waals surface area contributed by atoms with Crippen LogP contribution in [0.5, 0.6) is 0 Å². The van der Waals surface area contributed by atoms with Crippen molar-refractivity contribution in [3.05, 3.63) is 75.2 Å². The lowest BCUT2D eigenvalue weighted by Crippen LogP contribution is -3.13. The van der Waals surface area contributed by atoms with Crippen LogP contribution in [0.15, 0.2) is 53.3 Å². The molecule has 3 aromatic rings. The number of carbonyl (C=O) groups excluding carboxylic acids is 1. The third-order valence-electron chi connectivity index (χ3n) is 5.00. The molecule has 1 saturated heterocycles. The van der Waals surface area contributed by atoms with Gasteiger partial charge in [-0.1, -0.05) is 41.9 Å². The second-order valence-corrected chi connectivity index (χ2v) is 7.23. The molecule has 0 radical (unpaired) electrons. The quantitative estimate of drug-likeness (QED) is 0.712. The molecule has 0 bridgehead atoms. The molecule has 1 aliphatic rings. The molecule has 2 aromatic carbocycles. The molecule has 0 unspecified atom stereocenters. The van der Waals surface area contributed by atoms with Crippen LogP contribution in [0.25, 0.3) is 10.8 Å². The molecule has 1 fully saturated rings. The van der Waals surface area contributed by atoms with Crippen LogP contribution in [-0.2, 0) is 6.54 Å². The Morgan fingerprint density at radius 1 is 1.11 bits per heavy atom. The van der Waals surface area contributed by atoms with Gasteiger partial charge in [0.1, 0.15) is 6.54 Å². The summed E-state index contributed by atoms with van der Waals surface area (Å²) in [6.07, 6.45) is 0. The van der Waals surface area contributed by atoms with Crippen LogP contribution < -0.4 is 10.5 Å². The number of nitrogens with one attached hydrogen (secondary N) is 2. The van der Waals surface area contributed by atoms with Crippen molar-refractivity contribution in [2.75, 3.05) is 26.2 Å². The molecule has 27 heavy (non-hydrogen) atoms. The maximum absolute atomic E-state index is 12.9. The summed E-state index contributed by atoms with van der Waals surface area (Å²) in [6.45, 7) is 3.93. The zero-order valence-electron chi connectivity index (χ0n) is 14.7. The number of quaternary nitrogens is 1. The van der Waals surface area contributed by atoms with Crippen molar-refractivity contribution < 1.29 is 9.69 Å². The van der Waals surface area contributed by atoms with Crippen LogP contribution in [0.4, 0.5) is 0 Å². The van der Waals surface area contributed by atoms with Crippen molar-refractivity contribution >= 4 is 28.3 Å². The first-order valence-electron chi connectivity index (χ1n) is 8.96. The monoisotopic (exact) mass is 383 g/mol. The van der Waals surface area contributed by atoms with E-state index in [-0.39, 0.29) is 11.5 Å². The Hall–Kier alpha value is -2.70. The first-order chi connectivity index (χ1) is 13.1.